The summed E-state index contributed by atoms with van der Waals surface area (Å²) in [5, 5.41) is 11.6. The molecule has 98 valence electrons. The lowest BCUT2D eigenvalue weighted by atomic mass is 10.1. The van der Waals surface area contributed by atoms with Gasteiger partial charge in [-0.15, -0.1) is 0 Å². The number of sulfonamides is 1. The third kappa shape index (κ3) is 3.13. The van der Waals surface area contributed by atoms with Crippen molar-refractivity contribution in [2.45, 2.75) is 12.8 Å². The molecule has 0 unspecified atom stereocenters. The first kappa shape index (κ1) is 12.7. The Morgan fingerprint density at radius 1 is 1.44 bits per heavy atom. The van der Waals surface area contributed by atoms with Gasteiger partial charge in [-0.2, -0.15) is 0 Å². The second kappa shape index (κ2) is 4.85. The molecule has 7 heteroatoms. The van der Waals surface area contributed by atoms with Crippen LogP contribution in [-0.4, -0.2) is 31.8 Å². The Labute approximate surface area is 105 Å². The highest BCUT2D eigenvalue weighted by molar-refractivity contribution is 7.92. The van der Waals surface area contributed by atoms with Crippen LogP contribution in [0, 0.1) is 0 Å². The number of benzene rings is 1. The number of aliphatic carboxylic acids is 1. The molecule has 0 saturated carbocycles. The molecular formula is C11H14N2O4S. The molecule has 2 rings (SSSR count). The fourth-order valence-electron chi connectivity index (χ4n) is 1.82. The number of fused-ring (bicyclic) bond motifs is 1. The minimum atomic E-state index is -3.60. The van der Waals surface area contributed by atoms with E-state index in [1.807, 2.05) is 6.07 Å². The highest BCUT2D eigenvalue weighted by Gasteiger charge is 2.15. The van der Waals surface area contributed by atoms with Gasteiger partial charge in [-0.1, -0.05) is 0 Å². The topological polar surface area (TPSA) is 95.5 Å². The maximum absolute atomic E-state index is 11.6. The Morgan fingerprint density at radius 2 is 2.22 bits per heavy atom. The molecule has 0 fully saturated rings. The maximum Gasteiger partial charge on any atom is 0.304 e. The van der Waals surface area contributed by atoms with E-state index >= 15 is 0 Å². The summed E-state index contributed by atoms with van der Waals surface area (Å²) in [5.74, 6) is -1.55. The summed E-state index contributed by atoms with van der Waals surface area (Å²) < 4.78 is 25.6. The summed E-state index contributed by atoms with van der Waals surface area (Å²) in [6, 6.07) is 5.25. The van der Waals surface area contributed by atoms with E-state index in [2.05, 4.69) is 10.0 Å². The number of carboxylic acids is 1. The zero-order chi connectivity index (χ0) is 13.2. The number of hydrogen-bond acceptors (Lipinski definition) is 4. The minimum absolute atomic E-state index is 0.401. The Morgan fingerprint density at radius 3 is 2.94 bits per heavy atom. The summed E-state index contributed by atoms with van der Waals surface area (Å²) >= 11 is 0. The summed E-state index contributed by atoms with van der Waals surface area (Å²) in [6.45, 7) is 0.852. The van der Waals surface area contributed by atoms with E-state index in [4.69, 9.17) is 5.11 Å². The van der Waals surface area contributed by atoms with Crippen molar-refractivity contribution >= 4 is 27.4 Å². The van der Waals surface area contributed by atoms with Gasteiger partial charge in [-0.05, 0) is 30.2 Å². The molecule has 1 aliphatic rings. The average molecular weight is 270 g/mol. The van der Waals surface area contributed by atoms with E-state index in [0.29, 0.717) is 5.69 Å². The van der Waals surface area contributed by atoms with Gasteiger partial charge in [0.2, 0.25) is 10.0 Å². The molecule has 1 heterocycles. The molecule has 0 radical (unpaired) electrons. The Kier molecular flexibility index (Phi) is 3.42. The Balaban J connectivity index is 2.07. The largest absolute Gasteiger partial charge is 0.481 e. The summed E-state index contributed by atoms with van der Waals surface area (Å²) in [7, 11) is -3.60. The van der Waals surface area contributed by atoms with Gasteiger partial charge < -0.3 is 10.4 Å². The molecule has 0 aliphatic carbocycles. The van der Waals surface area contributed by atoms with Crippen molar-refractivity contribution < 1.29 is 18.3 Å². The van der Waals surface area contributed by atoms with Crippen LogP contribution in [0.5, 0.6) is 0 Å². The van der Waals surface area contributed by atoms with Gasteiger partial charge in [0.25, 0.3) is 0 Å². The number of nitrogens with one attached hydrogen (secondary N) is 2. The van der Waals surface area contributed by atoms with E-state index < -0.39 is 28.2 Å². The quantitative estimate of drug-likeness (QED) is 0.738. The lowest BCUT2D eigenvalue weighted by Crippen LogP contribution is -2.18. The number of carboxylic acid groups (broad SMARTS) is 1. The van der Waals surface area contributed by atoms with E-state index in [1.165, 1.54) is 0 Å². The third-order valence-corrected chi connectivity index (χ3v) is 3.96. The second-order valence-corrected chi connectivity index (χ2v) is 5.96. The van der Waals surface area contributed by atoms with Crippen molar-refractivity contribution in [1.82, 2.24) is 0 Å². The van der Waals surface area contributed by atoms with Gasteiger partial charge in [0, 0.05) is 17.9 Å². The molecule has 0 amide bonds. The number of rotatable bonds is 5. The first-order chi connectivity index (χ1) is 8.46. The highest BCUT2D eigenvalue weighted by atomic mass is 32.2. The van der Waals surface area contributed by atoms with Crippen molar-refractivity contribution in [2.24, 2.45) is 0 Å². The van der Waals surface area contributed by atoms with E-state index in [9.17, 15) is 13.2 Å². The van der Waals surface area contributed by atoms with Crippen molar-refractivity contribution in [1.29, 1.82) is 0 Å². The van der Waals surface area contributed by atoms with Gasteiger partial charge >= 0.3 is 5.97 Å². The SMILES string of the molecule is O=C(O)CCS(=O)(=O)Nc1ccc2c(c1)CCN2. The standard InChI is InChI=1S/C11H14N2O4S/c14-11(15)4-6-18(16,17)13-9-1-2-10-8(7-9)3-5-12-10/h1-2,7,12-13H,3-6H2,(H,14,15). The van der Waals surface area contributed by atoms with Crippen LogP contribution >= 0.6 is 0 Å². The van der Waals surface area contributed by atoms with Crippen molar-refractivity contribution in [2.75, 3.05) is 22.3 Å². The zero-order valence-corrected chi connectivity index (χ0v) is 10.5. The molecule has 0 spiro atoms. The highest BCUT2D eigenvalue weighted by Crippen LogP contribution is 2.25. The van der Waals surface area contributed by atoms with E-state index in [1.54, 1.807) is 12.1 Å². The van der Waals surface area contributed by atoms with Crippen molar-refractivity contribution in [3.05, 3.63) is 23.8 Å². The van der Waals surface area contributed by atoms with Crippen molar-refractivity contribution in [3.63, 3.8) is 0 Å². The molecule has 18 heavy (non-hydrogen) atoms. The molecule has 3 N–H and O–H groups in total. The van der Waals surface area contributed by atoms with Crippen LogP contribution in [-0.2, 0) is 21.2 Å². The molecule has 1 aliphatic heterocycles. The molecule has 0 saturated heterocycles. The number of carbonyl (C=O) groups is 1. The number of hydrogen-bond donors (Lipinski definition) is 3. The van der Waals surface area contributed by atoms with Crippen LogP contribution in [0.25, 0.3) is 0 Å². The van der Waals surface area contributed by atoms with E-state index in [0.717, 1.165) is 24.2 Å². The first-order valence-corrected chi connectivity index (χ1v) is 7.20. The molecule has 0 aromatic heterocycles. The Bertz CT molecular complexity index is 568. The lowest BCUT2D eigenvalue weighted by molar-refractivity contribution is -0.136. The molecule has 1 aromatic rings. The van der Waals surface area contributed by atoms with Gasteiger partial charge in [0.05, 0.1) is 12.2 Å². The summed E-state index contributed by atoms with van der Waals surface area (Å²) in [5.41, 5.74) is 2.56. The molecule has 0 atom stereocenters. The van der Waals surface area contributed by atoms with Crippen LogP contribution in [0.4, 0.5) is 11.4 Å². The van der Waals surface area contributed by atoms with E-state index in [-0.39, 0.29) is 0 Å². The maximum atomic E-state index is 11.6. The smallest absolute Gasteiger partial charge is 0.304 e. The summed E-state index contributed by atoms with van der Waals surface area (Å²) in [6.07, 6.45) is 0.460. The van der Waals surface area contributed by atoms with Crippen LogP contribution in [0.2, 0.25) is 0 Å². The lowest BCUT2D eigenvalue weighted by Gasteiger charge is -2.08. The van der Waals surface area contributed by atoms with Gasteiger partial charge in [0.1, 0.15) is 0 Å². The molecule has 0 bridgehead atoms. The number of anilines is 2. The normalized spacial score (nSPS) is 13.8. The third-order valence-electron chi connectivity index (χ3n) is 2.67. The predicted molar refractivity (Wildman–Crippen MR) is 68.3 cm³/mol. The fourth-order valence-corrected chi connectivity index (χ4v) is 2.85. The Hall–Kier alpha value is -1.76. The summed E-state index contributed by atoms with van der Waals surface area (Å²) in [4.78, 5) is 10.4. The molecule has 6 nitrogen and oxygen atoms in total. The second-order valence-electron chi connectivity index (χ2n) is 4.11. The van der Waals surface area contributed by atoms with Crippen LogP contribution in [0.1, 0.15) is 12.0 Å². The van der Waals surface area contributed by atoms with Crippen molar-refractivity contribution in [3.8, 4) is 0 Å². The molecule has 1 aromatic carbocycles. The zero-order valence-electron chi connectivity index (χ0n) is 9.64. The monoisotopic (exact) mass is 270 g/mol. The van der Waals surface area contributed by atoms with Crippen LogP contribution < -0.4 is 10.0 Å². The predicted octanol–water partition coefficient (Wildman–Crippen LogP) is 0.871. The molecular weight excluding hydrogens is 256 g/mol. The van der Waals surface area contributed by atoms with Crippen LogP contribution in [0.15, 0.2) is 18.2 Å². The van der Waals surface area contributed by atoms with Gasteiger partial charge in [0.15, 0.2) is 0 Å². The van der Waals surface area contributed by atoms with Crippen LogP contribution in [0.3, 0.4) is 0 Å². The fraction of sp³-hybridized carbons (Fsp3) is 0.364. The first-order valence-electron chi connectivity index (χ1n) is 5.55. The van der Waals surface area contributed by atoms with Gasteiger partial charge in [-0.25, -0.2) is 8.42 Å². The van der Waals surface area contributed by atoms with Gasteiger partial charge in [-0.3, -0.25) is 9.52 Å². The average Bonchev–Trinajstić information content (AvgIpc) is 2.73. The minimum Gasteiger partial charge on any atom is -0.481 e.